The zero-order chi connectivity index (χ0) is 41.9. The summed E-state index contributed by atoms with van der Waals surface area (Å²) < 4.78 is 18.0. The second-order valence-electron chi connectivity index (χ2n) is 16.8. The van der Waals surface area contributed by atoms with Crippen LogP contribution in [0.3, 0.4) is 0 Å². The van der Waals surface area contributed by atoms with Crippen LogP contribution in [0, 0.1) is 23.7 Å². The summed E-state index contributed by atoms with van der Waals surface area (Å²) >= 11 is 0. The number of amides is 4. The molecule has 4 N–H and O–H groups in total. The summed E-state index contributed by atoms with van der Waals surface area (Å²) in [5.74, 6) is -1.71. The minimum absolute atomic E-state index is 0.0239. The van der Waals surface area contributed by atoms with Crippen molar-refractivity contribution < 1.29 is 33.4 Å². The van der Waals surface area contributed by atoms with Crippen LogP contribution < -0.4 is 16.4 Å². The van der Waals surface area contributed by atoms with Crippen LogP contribution >= 0.6 is 0 Å². The van der Waals surface area contributed by atoms with E-state index in [-0.39, 0.29) is 59.9 Å². The third-order valence-corrected chi connectivity index (χ3v) is 11.9. The molecule has 55 heavy (non-hydrogen) atoms. The molecular formula is C42H74N6O7. The number of benzene rings is 1. The SMILES string of the molecule is CCC(C)[C@@H]([C@@H](CC(=O)N1C[C@H](OC)C[C@@]1(C)[C@H](OC)[C@@H](C)C(=O)N[C@H](C)[C@H](N)c1ccccc1)OC)N(C)C(=O)[C@@H](NC(=O)[C@H](C(C)C)N(C)C)C(C)C. The fourth-order valence-corrected chi connectivity index (χ4v) is 8.52. The zero-order valence-electron chi connectivity index (χ0n) is 36.4. The van der Waals surface area contributed by atoms with E-state index < -0.39 is 47.8 Å². The van der Waals surface area contributed by atoms with Crippen molar-refractivity contribution in [3.8, 4) is 0 Å². The minimum atomic E-state index is -0.910. The summed E-state index contributed by atoms with van der Waals surface area (Å²) in [6.07, 6.45) is -0.477. The van der Waals surface area contributed by atoms with E-state index in [0.29, 0.717) is 13.0 Å². The number of hydrogen-bond acceptors (Lipinski definition) is 9. The Bertz CT molecular complexity index is 1370. The molecule has 0 aliphatic carbocycles. The Balaban J connectivity index is 2.39. The van der Waals surface area contributed by atoms with E-state index in [2.05, 4.69) is 10.6 Å². The first-order valence-corrected chi connectivity index (χ1v) is 19.9. The number of likely N-dealkylation sites (tertiary alicyclic amines) is 1. The highest BCUT2D eigenvalue weighted by Gasteiger charge is 2.53. The lowest BCUT2D eigenvalue weighted by Crippen LogP contribution is -2.61. The molecule has 1 aromatic carbocycles. The molecule has 0 radical (unpaired) electrons. The average molecular weight is 775 g/mol. The Kier molecular flexibility index (Phi) is 18.7. The Hall–Kier alpha value is -3.10. The maximum atomic E-state index is 14.6. The summed E-state index contributed by atoms with van der Waals surface area (Å²) in [6.45, 7) is 17.8. The van der Waals surface area contributed by atoms with Crippen molar-refractivity contribution in [2.45, 2.75) is 136 Å². The number of likely N-dealkylation sites (N-methyl/N-ethyl adjacent to an activating group) is 2. The molecule has 0 aromatic heterocycles. The van der Waals surface area contributed by atoms with E-state index in [4.69, 9.17) is 19.9 Å². The molecule has 1 aliphatic rings. The van der Waals surface area contributed by atoms with Crippen molar-refractivity contribution in [1.29, 1.82) is 0 Å². The lowest BCUT2D eigenvalue weighted by molar-refractivity contribution is -0.152. The van der Waals surface area contributed by atoms with Crippen LogP contribution in [0.2, 0.25) is 0 Å². The number of carbonyl (C=O) groups excluding carboxylic acids is 4. The number of methoxy groups -OCH3 is 3. The lowest BCUT2D eigenvalue weighted by atomic mass is 9.82. The first-order valence-electron chi connectivity index (χ1n) is 19.9. The molecule has 11 atom stereocenters. The molecule has 0 spiro atoms. The van der Waals surface area contributed by atoms with E-state index >= 15 is 0 Å². The van der Waals surface area contributed by atoms with E-state index in [1.807, 2.05) is 112 Å². The second-order valence-corrected chi connectivity index (χ2v) is 16.8. The molecule has 1 fully saturated rings. The van der Waals surface area contributed by atoms with Gasteiger partial charge in [-0.15, -0.1) is 0 Å². The summed E-state index contributed by atoms with van der Waals surface area (Å²) in [5.41, 5.74) is 6.51. The molecule has 0 saturated carbocycles. The highest BCUT2D eigenvalue weighted by Crippen LogP contribution is 2.39. The highest BCUT2D eigenvalue weighted by atomic mass is 16.5. The highest BCUT2D eigenvalue weighted by molar-refractivity contribution is 5.90. The smallest absolute Gasteiger partial charge is 0.245 e. The number of nitrogens with two attached hydrogens (primary N) is 1. The monoisotopic (exact) mass is 775 g/mol. The third kappa shape index (κ3) is 11.7. The average Bonchev–Trinajstić information content (AvgIpc) is 3.49. The maximum absolute atomic E-state index is 14.6. The molecule has 13 nitrogen and oxygen atoms in total. The van der Waals surface area contributed by atoms with E-state index in [0.717, 1.165) is 12.0 Å². The predicted molar refractivity (Wildman–Crippen MR) is 217 cm³/mol. The number of ether oxygens (including phenoxy) is 3. The number of rotatable bonds is 21. The van der Waals surface area contributed by atoms with Crippen LogP contribution in [-0.4, -0.2) is 135 Å². The lowest BCUT2D eigenvalue weighted by Gasteiger charge is -2.44. The van der Waals surface area contributed by atoms with Crippen molar-refractivity contribution in [2.24, 2.45) is 29.4 Å². The van der Waals surface area contributed by atoms with Gasteiger partial charge in [-0.2, -0.15) is 0 Å². The Morgan fingerprint density at radius 1 is 0.909 bits per heavy atom. The van der Waals surface area contributed by atoms with Crippen LogP contribution in [0.15, 0.2) is 30.3 Å². The second kappa shape index (κ2) is 21.4. The van der Waals surface area contributed by atoms with Gasteiger partial charge in [-0.1, -0.05) is 85.2 Å². The van der Waals surface area contributed by atoms with Gasteiger partial charge in [0.15, 0.2) is 0 Å². The van der Waals surface area contributed by atoms with Gasteiger partial charge in [0.25, 0.3) is 0 Å². The van der Waals surface area contributed by atoms with Gasteiger partial charge in [0.05, 0.1) is 48.3 Å². The molecule has 13 heteroatoms. The Morgan fingerprint density at radius 3 is 1.98 bits per heavy atom. The molecule has 1 aromatic rings. The minimum Gasteiger partial charge on any atom is -0.380 e. The van der Waals surface area contributed by atoms with Gasteiger partial charge in [-0.05, 0) is 51.3 Å². The standard InChI is InChI=1S/C42H74N6O7/c1-16-27(6)37(47(12)41(52)35(25(2)3)45-40(51)36(26(4)5)46(10)11)32(54-14)22-33(49)48-24-31(53-13)23-42(48,9)38(55-15)28(7)39(50)44-29(8)34(43)30-20-18-17-19-21-30/h17-21,25-29,31-32,34-38H,16,22-24,43H2,1-15H3,(H,44,50)(H,45,51)/t27?,28-,29-,31-,32-,34+,35+,36+,37+,38-,42+/m1/s1. The van der Waals surface area contributed by atoms with Crippen LogP contribution in [0.4, 0.5) is 0 Å². The first-order chi connectivity index (χ1) is 25.7. The van der Waals surface area contributed by atoms with Gasteiger partial charge in [0, 0.05) is 53.4 Å². The number of carbonyl (C=O) groups is 4. The van der Waals surface area contributed by atoms with Gasteiger partial charge < -0.3 is 40.4 Å². The number of hydrogen-bond donors (Lipinski definition) is 3. The number of nitrogens with zero attached hydrogens (tertiary/aromatic N) is 3. The van der Waals surface area contributed by atoms with Crippen LogP contribution in [0.5, 0.6) is 0 Å². The van der Waals surface area contributed by atoms with Crippen molar-refractivity contribution in [3.63, 3.8) is 0 Å². The molecule has 314 valence electrons. The molecule has 2 rings (SSSR count). The molecule has 1 unspecified atom stereocenters. The molecule has 1 saturated heterocycles. The van der Waals surface area contributed by atoms with Crippen LogP contribution in [0.1, 0.15) is 93.2 Å². The van der Waals surface area contributed by atoms with Gasteiger partial charge in [-0.25, -0.2) is 0 Å². The third-order valence-electron chi connectivity index (χ3n) is 11.9. The van der Waals surface area contributed by atoms with E-state index in [9.17, 15) is 19.2 Å². The summed E-state index contributed by atoms with van der Waals surface area (Å²) in [7, 11) is 10.2. The zero-order valence-corrected chi connectivity index (χ0v) is 36.4. The van der Waals surface area contributed by atoms with Crippen LogP contribution in [-0.2, 0) is 33.4 Å². The Morgan fingerprint density at radius 2 is 1.51 bits per heavy atom. The Labute approximate surface area is 331 Å². The topological polar surface area (TPSA) is 156 Å². The molecule has 0 bridgehead atoms. The van der Waals surface area contributed by atoms with Gasteiger partial charge in [0.2, 0.25) is 23.6 Å². The van der Waals surface area contributed by atoms with Crippen molar-refractivity contribution in [1.82, 2.24) is 25.3 Å². The van der Waals surface area contributed by atoms with E-state index in [1.165, 1.54) is 0 Å². The fourth-order valence-electron chi connectivity index (χ4n) is 8.52. The van der Waals surface area contributed by atoms with E-state index in [1.54, 1.807) is 38.2 Å². The van der Waals surface area contributed by atoms with Gasteiger partial charge >= 0.3 is 0 Å². The predicted octanol–water partition coefficient (Wildman–Crippen LogP) is 3.85. The van der Waals surface area contributed by atoms with Crippen molar-refractivity contribution in [2.75, 3.05) is 49.0 Å². The summed E-state index contributed by atoms with van der Waals surface area (Å²) in [4.78, 5) is 61.5. The first kappa shape index (κ1) is 48.0. The maximum Gasteiger partial charge on any atom is 0.245 e. The molecule has 1 aliphatic heterocycles. The molecule has 4 amide bonds. The summed E-state index contributed by atoms with van der Waals surface area (Å²) in [5, 5.41) is 6.13. The van der Waals surface area contributed by atoms with Gasteiger partial charge in [0.1, 0.15) is 6.04 Å². The van der Waals surface area contributed by atoms with Crippen molar-refractivity contribution in [3.05, 3.63) is 35.9 Å². The largest absolute Gasteiger partial charge is 0.380 e. The normalized spacial score (nSPS) is 22.4. The van der Waals surface area contributed by atoms with Gasteiger partial charge in [-0.3, -0.25) is 24.1 Å². The van der Waals surface area contributed by atoms with Crippen LogP contribution in [0.25, 0.3) is 0 Å². The fraction of sp³-hybridized carbons (Fsp3) is 0.762. The quantitative estimate of drug-likeness (QED) is 0.169. The number of nitrogens with one attached hydrogen (secondary N) is 2. The summed E-state index contributed by atoms with van der Waals surface area (Å²) in [6, 6.07) is 7.19. The van der Waals surface area contributed by atoms with Crippen molar-refractivity contribution >= 4 is 23.6 Å². The molecule has 1 heterocycles. The molecular weight excluding hydrogens is 700 g/mol.